The third-order valence-electron chi connectivity index (χ3n) is 5.78. The van der Waals surface area contributed by atoms with E-state index in [0.717, 1.165) is 43.1 Å². The smallest absolute Gasteiger partial charge is 0.135 e. The number of aliphatic hydroxyl groups excluding tert-OH is 1. The van der Waals surface area contributed by atoms with Crippen LogP contribution in [-0.2, 0) is 13.0 Å². The molecule has 1 fully saturated rings. The number of piperidine rings is 1. The van der Waals surface area contributed by atoms with Gasteiger partial charge in [-0.3, -0.25) is 10.00 Å². The van der Waals surface area contributed by atoms with E-state index in [1.807, 2.05) is 30.3 Å². The van der Waals surface area contributed by atoms with Crippen molar-refractivity contribution >= 4 is 0 Å². The van der Waals surface area contributed by atoms with E-state index in [1.54, 1.807) is 6.20 Å². The number of aliphatic hydroxyl groups is 1. The van der Waals surface area contributed by atoms with Gasteiger partial charge in [0, 0.05) is 23.7 Å². The van der Waals surface area contributed by atoms with Crippen molar-refractivity contribution in [1.29, 1.82) is 0 Å². The van der Waals surface area contributed by atoms with Crippen LogP contribution in [0.1, 0.15) is 24.0 Å². The van der Waals surface area contributed by atoms with Gasteiger partial charge in [-0.05, 0) is 56.0 Å². The number of hydrogen-bond acceptors (Lipinski definition) is 3. The number of rotatable bonds is 6. The lowest BCUT2D eigenvalue weighted by Gasteiger charge is -2.34. The molecule has 6 heteroatoms. The van der Waals surface area contributed by atoms with Crippen LogP contribution in [0, 0.1) is 17.6 Å². The summed E-state index contributed by atoms with van der Waals surface area (Å²) in [6.07, 6.45) is 3.89. The summed E-state index contributed by atoms with van der Waals surface area (Å²) < 4.78 is 27.4. The zero-order valence-corrected chi connectivity index (χ0v) is 16.2. The average molecular weight is 397 g/mol. The molecule has 4 rings (SSSR count). The predicted molar refractivity (Wildman–Crippen MR) is 108 cm³/mol. The number of halogens is 2. The Hall–Kier alpha value is -2.57. The van der Waals surface area contributed by atoms with Crippen molar-refractivity contribution in [2.75, 3.05) is 13.1 Å². The molecular weight excluding hydrogens is 372 g/mol. The van der Waals surface area contributed by atoms with Crippen molar-refractivity contribution < 1.29 is 13.9 Å². The molecule has 0 bridgehead atoms. The molecule has 0 amide bonds. The number of aromatic amines is 1. The largest absolute Gasteiger partial charge is 0.392 e. The number of benzene rings is 2. The van der Waals surface area contributed by atoms with Gasteiger partial charge in [0.1, 0.15) is 11.6 Å². The Balaban J connectivity index is 1.35. The summed E-state index contributed by atoms with van der Waals surface area (Å²) in [6, 6.07) is 13.7. The standard InChI is InChI=1S/C23H25F2N3O/c24-19-6-7-20(21(25)13-19)23-18(14-26-27-23)15-28-10-8-17(9-11-28)22(29)12-16-4-2-1-3-5-16/h1-7,13-14,17,22,29H,8-12,15H2,(H,26,27). The highest BCUT2D eigenvalue weighted by Gasteiger charge is 2.26. The number of nitrogens with one attached hydrogen (secondary N) is 1. The topological polar surface area (TPSA) is 52.1 Å². The molecule has 1 atom stereocenters. The lowest BCUT2D eigenvalue weighted by Crippen LogP contribution is -2.38. The molecule has 2 aromatic carbocycles. The van der Waals surface area contributed by atoms with Gasteiger partial charge in [-0.15, -0.1) is 0 Å². The number of H-pyrrole nitrogens is 1. The molecule has 1 aliphatic heterocycles. The molecule has 1 saturated heterocycles. The number of nitrogens with zero attached hydrogens (tertiary/aromatic N) is 2. The summed E-state index contributed by atoms with van der Waals surface area (Å²) in [4.78, 5) is 2.29. The molecule has 0 saturated carbocycles. The minimum Gasteiger partial charge on any atom is -0.392 e. The Labute approximate surface area is 169 Å². The zero-order chi connectivity index (χ0) is 20.2. The summed E-state index contributed by atoms with van der Waals surface area (Å²) in [5.41, 5.74) is 2.96. The van der Waals surface area contributed by atoms with E-state index < -0.39 is 11.6 Å². The van der Waals surface area contributed by atoms with E-state index in [4.69, 9.17) is 0 Å². The first kappa shape index (κ1) is 19.7. The number of hydrogen-bond donors (Lipinski definition) is 2. The van der Waals surface area contributed by atoms with Gasteiger partial charge in [0.25, 0.3) is 0 Å². The van der Waals surface area contributed by atoms with E-state index in [-0.39, 0.29) is 12.0 Å². The lowest BCUT2D eigenvalue weighted by molar-refractivity contribution is 0.0577. The molecule has 29 heavy (non-hydrogen) atoms. The minimum atomic E-state index is -0.599. The second-order valence-corrected chi connectivity index (χ2v) is 7.77. The summed E-state index contributed by atoms with van der Waals surface area (Å²) in [7, 11) is 0. The average Bonchev–Trinajstić information content (AvgIpc) is 3.17. The molecule has 0 aliphatic carbocycles. The molecule has 1 aromatic heterocycles. The van der Waals surface area contributed by atoms with Crippen LogP contribution in [0.4, 0.5) is 8.78 Å². The Morgan fingerprint density at radius 3 is 2.59 bits per heavy atom. The van der Waals surface area contributed by atoms with Gasteiger partial charge in [0.15, 0.2) is 0 Å². The van der Waals surface area contributed by atoms with Crippen molar-refractivity contribution in [2.24, 2.45) is 5.92 Å². The van der Waals surface area contributed by atoms with E-state index in [9.17, 15) is 13.9 Å². The molecule has 4 nitrogen and oxygen atoms in total. The monoisotopic (exact) mass is 397 g/mol. The van der Waals surface area contributed by atoms with Gasteiger partial charge < -0.3 is 5.11 Å². The van der Waals surface area contributed by atoms with Crippen LogP contribution < -0.4 is 0 Å². The van der Waals surface area contributed by atoms with E-state index in [1.165, 1.54) is 12.1 Å². The Kier molecular flexibility index (Phi) is 6.02. The summed E-state index contributed by atoms with van der Waals surface area (Å²) in [5.74, 6) is -0.911. The normalized spacial score (nSPS) is 16.8. The fourth-order valence-electron chi connectivity index (χ4n) is 4.12. The predicted octanol–water partition coefficient (Wildman–Crippen LogP) is 4.17. The fourth-order valence-corrected chi connectivity index (χ4v) is 4.12. The van der Waals surface area contributed by atoms with Gasteiger partial charge in [-0.2, -0.15) is 5.10 Å². The first-order valence-corrected chi connectivity index (χ1v) is 10.0. The molecule has 0 spiro atoms. The van der Waals surface area contributed by atoms with Crippen molar-refractivity contribution in [3.05, 3.63) is 77.5 Å². The zero-order valence-electron chi connectivity index (χ0n) is 16.2. The van der Waals surface area contributed by atoms with Crippen molar-refractivity contribution in [2.45, 2.75) is 31.9 Å². The number of likely N-dealkylation sites (tertiary alicyclic amines) is 1. The Bertz CT molecular complexity index is 936. The highest BCUT2D eigenvalue weighted by molar-refractivity contribution is 5.63. The number of aromatic nitrogens is 2. The van der Waals surface area contributed by atoms with E-state index in [0.29, 0.717) is 24.2 Å². The molecular formula is C23H25F2N3O. The molecule has 0 radical (unpaired) electrons. The maximum atomic E-state index is 14.2. The second kappa shape index (κ2) is 8.84. The SMILES string of the molecule is OC(Cc1ccccc1)C1CCN(Cc2cn[nH]c2-c2ccc(F)cc2F)CC1. The van der Waals surface area contributed by atoms with Crippen LogP contribution in [0.3, 0.4) is 0 Å². The van der Waals surface area contributed by atoms with Crippen LogP contribution in [0.2, 0.25) is 0 Å². The van der Waals surface area contributed by atoms with Gasteiger partial charge in [-0.25, -0.2) is 8.78 Å². The maximum absolute atomic E-state index is 14.2. The second-order valence-electron chi connectivity index (χ2n) is 7.77. The van der Waals surface area contributed by atoms with Crippen molar-refractivity contribution in [1.82, 2.24) is 15.1 Å². The van der Waals surface area contributed by atoms with Crippen LogP contribution in [0.25, 0.3) is 11.3 Å². The minimum absolute atomic E-state index is 0.282. The van der Waals surface area contributed by atoms with Gasteiger partial charge >= 0.3 is 0 Å². The third kappa shape index (κ3) is 4.71. The van der Waals surface area contributed by atoms with E-state index in [2.05, 4.69) is 15.1 Å². The van der Waals surface area contributed by atoms with Crippen LogP contribution in [-0.4, -0.2) is 39.4 Å². The maximum Gasteiger partial charge on any atom is 0.135 e. The Morgan fingerprint density at radius 1 is 1.10 bits per heavy atom. The van der Waals surface area contributed by atoms with E-state index >= 15 is 0 Å². The van der Waals surface area contributed by atoms with Crippen LogP contribution in [0.5, 0.6) is 0 Å². The van der Waals surface area contributed by atoms with Crippen molar-refractivity contribution in [3.8, 4) is 11.3 Å². The summed E-state index contributed by atoms with van der Waals surface area (Å²) >= 11 is 0. The highest BCUT2D eigenvalue weighted by atomic mass is 19.1. The van der Waals surface area contributed by atoms with Crippen LogP contribution >= 0.6 is 0 Å². The summed E-state index contributed by atoms with van der Waals surface area (Å²) in [5, 5.41) is 17.5. The molecule has 1 unspecified atom stereocenters. The molecule has 2 heterocycles. The highest BCUT2D eigenvalue weighted by Crippen LogP contribution is 2.28. The lowest BCUT2D eigenvalue weighted by atomic mass is 9.88. The summed E-state index contributed by atoms with van der Waals surface area (Å²) in [6.45, 7) is 2.38. The first-order valence-electron chi connectivity index (χ1n) is 10.0. The third-order valence-corrected chi connectivity index (χ3v) is 5.78. The molecule has 1 aliphatic rings. The van der Waals surface area contributed by atoms with Gasteiger partial charge in [0.05, 0.1) is 18.0 Å². The fraction of sp³-hybridized carbons (Fsp3) is 0.348. The van der Waals surface area contributed by atoms with Crippen LogP contribution in [0.15, 0.2) is 54.7 Å². The molecule has 2 N–H and O–H groups in total. The molecule has 152 valence electrons. The molecule has 3 aromatic rings. The first-order chi connectivity index (χ1) is 14.1. The van der Waals surface area contributed by atoms with Gasteiger partial charge in [-0.1, -0.05) is 30.3 Å². The van der Waals surface area contributed by atoms with Gasteiger partial charge in [0.2, 0.25) is 0 Å². The quantitative estimate of drug-likeness (QED) is 0.656. The van der Waals surface area contributed by atoms with Crippen molar-refractivity contribution in [3.63, 3.8) is 0 Å². The Morgan fingerprint density at radius 2 is 1.86 bits per heavy atom.